The molecule has 0 saturated heterocycles. The second-order valence-corrected chi connectivity index (χ2v) is 8.65. The van der Waals surface area contributed by atoms with Crippen molar-refractivity contribution in [2.45, 2.75) is 136 Å². The van der Waals surface area contributed by atoms with E-state index in [4.69, 9.17) is 0 Å². The quantitative estimate of drug-likeness (QED) is 0.225. The zero-order valence-electron chi connectivity index (χ0n) is 18.9. The lowest BCUT2D eigenvalue weighted by molar-refractivity contribution is 0.492. The van der Waals surface area contributed by atoms with Crippen LogP contribution in [0.5, 0.6) is 0 Å². The fraction of sp³-hybridized carbons (Fsp3) is 0.778. The number of benzene rings is 1. The summed E-state index contributed by atoms with van der Waals surface area (Å²) in [6.07, 6.45) is 23.6. The van der Waals surface area contributed by atoms with Crippen LogP contribution in [-0.4, -0.2) is 0 Å². The van der Waals surface area contributed by atoms with E-state index in [9.17, 15) is 0 Å². The molecule has 0 radical (unpaired) electrons. The van der Waals surface area contributed by atoms with Crippen LogP contribution in [0.4, 0.5) is 0 Å². The third kappa shape index (κ3) is 12.3. The minimum atomic E-state index is 0.793. The van der Waals surface area contributed by atoms with Gasteiger partial charge in [-0.05, 0) is 42.7 Å². The Hall–Kier alpha value is -0.780. The predicted molar refractivity (Wildman–Crippen MR) is 124 cm³/mol. The highest BCUT2D eigenvalue weighted by Crippen LogP contribution is 2.29. The van der Waals surface area contributed by atoms with Gasteiger partial charge in [0.15, 0.2) is 0 Å². The minimum absolute atomic E-state index is 0.793. The molecular weight excluding hydrogens is 324 g/mol. The van der Waals surface area contributed by atoms with E-state index in [-0.39, 0.29) is 0 Å². The van der Waals surface area contributed by atoms with Gasteiger partial charge in [0.05, 0.1) is 0 Å². The van der Waals surface area contributed by atoms with E-state index >= 15 is 0 Å². The molecule has 0 aliphatic carbocycles. The van der Waals surface area contributed by atoms with Crippen LogP contribution >= 0.6 is 0 Å². The Morgan fingerprint density at radius 1 is 0.519 bits per heavy atom. The first kappa shape index (κ1) is 24.3. The summed E-state index contributed by atoms with van der Waals surface area (Å²) >= 11 is 0. The van der Waals surface area contributed by atoms with Crippen LogP contribution in [0.25, 0.3) is 0 Å². The number of aryl methyl sites for hydroxylation is 1. The van der Waals surface area contributed by atoms with Crippen LogP contribution in [0.15, 0.2) is 24.3 Å². The smallest absolute Gasteiger partial charge is 0.0162 e. The summed E-state index contributed by atoms with van der Waals surface area (Å²) in [4.78, 5) is 0. The van der Waals surface area contributed by atoms with Gasteiger partial charge in [-0.15, -0.1) is 0 Å². The molecule has 0 heteroatoms. The average Bonchev–Trinajstić information content (AvgIpc) is 2.69. The molecule has 0 saturated carbocycles. The standard InChI is InChI=1S/C27H48/c1-4-7-10-11-12-13-14-17-20-26(19-16-9-6-3)27-23-21-25(22-24-27)18-15-8-5-2/h21-24,26H,4-20H2,1-3H3. The van der Waals surface area contributed by atoms with Gasteiger partial charge in [0.2, 0.25) is 0 Å². The predicted octanol–water partition coefficient (Wildman–Crippen LogP) is 9.61. The topological polar surface area (TPSA) is 0 Å². The van der Waals surface area contributed by atoms with Crippen molar-refractivity contribution in [3.8, 4) is 0 Å². The molecule has 0 heterocycles. The SMILES string of the molecule is CCCCCCCCCCC(CCCCC)c1ccc(CCCCC)cc1. The van der Waals surface area contributed by atoms with Gasteiger partial charge < -0.3 is 0 Å². The minimum Gasteiger partial charge on any atom is -0.0654 e. The van der Waals surface area contributed by atoms with Crippen LogP contribution < -0.4 is 0 Å². The van der Waals surface area contributed by atoms with Crippen LogP contribution in [0.2, 0.25) is 0 Å². The molecule has 0 N–H and O–H groups in total. The van der Waals surface area contributed by atoms with Crippen molar-refractivity contribution >= 4 is 0 Å². The third-order valence-electron chi connectivity index (χ3n) is 6.08. The fourth-order valence-corrected chi connectivity index (χ4v) is 4.18. The van der Waals surface area contributed by atoms with Crippen molar-refractivity contribution < 1.29 is 0 Å². The van der Waals surface area contributed by atoms with Crippen LogP contribution in [0, 0.1) is 0 Å². The Balaban J connectivity index is 2.38. The van der Waals surface area contributed by atoms with Gasteiger partial charge in [-0.2, -0.15) is 0 Å². The first-order chi connectivity index (χ1) is 13.3. The summed E-state index contributed by atoms with van der Waals surface area (Å²) in [5.41, 5.74) is 3.14. The summed E-state index contributed by atoms with van der Waals surface area (Å²) in [5, 5.41) is 0. The Labute approximate surface area is 171 Å². The number of hydrogen-bond donors (Lipinski definition) is 0. The first-order valence-corrected chi connectivity index (χ1v) is 12.4. The fourth-order valence-electron chi connectivity index (χ4n) is 4.18. The van der Waals surface area contributed by atoms with Gasteiger partial charge in [0, 0.05) is 0 Å². The average molecular weight is 373 g/mol. The maximum atomic E-state index is 2.45. The van der Waals surface area contributed by atoms with Crippen molar-refractivity contribution in [3.05, 3.63) is 35.4 Å². The van der Waals surface area contributed by atoms with Gasteiger partial charge in [-0.25, -0.2) is 0 Å². The van der Waals surface area contributed by atoms with Crippen molar-refractivity contribution in [2.75, 3.05) is 0 Å². The molecule has 27 heavy (non-hydrogen) atoms. The molecule has 1 atom stereocenters. The van der Waals surface area contributed by atoms with E-state index in [2.05, 4.69) is 45.0 Å². The van der Waals surface area contributed by atoms with Gasteiger partial charge in [0.1, 0.15) is 0 Å². The van der Waals surface area contributed by atoms with E-state index in [1.165, 1.54) is 115 Å². The molecule has 0 spiro atoms. The van der Waals surface area contributed by atoms with Crippen molar-refractivity contribution in [2.24, 2.45) is 0 Å². The Morgan fingerprint density at radius 2 is 0.963 bits per heavy atom. The normalized spacial score (nSPS) is 12.4. The largest absolute Gasteiger partial charge is 0.0654 e. The van der Waals surface area contributed by atoms with E-state index in [0.29, 0.717) is 0 Å². The first-order valence-electron chi connectivity index (χ1n) is 12.4. The molecule has 156 valence electrons. The molecule has 0 nitrogen and oxygen atoms in total. The molecule has 0 aliphatic heterocycles. The van der Waals surface area contributed by atoms with Gasteiger partial charge in [-0.1, -0.05) is 129 Å². The van der Waals surface area contributed by atoms with Crippen LogP contribution in [-0.2, 0) is 6.42 Å². The maximum Gasteiger partial charge on any atom is -0.0162 e. The Morgan fingerprint density at radius 3 is 1.56 bits per heavy atom. The summed E-state index contributed by atoms with van der Waals surface area (Å²) in [6, 6.07) is 9.71. The molecule has 0 aliphatic rings. The summed E-state index contributed by atoms with van der Waals surface area (Å²) in [6.45, 7) is 6.91. The maximum absolute atomic E-state index is 2.45. The Bertz CT molecular complexity index is 416. The van der Waals surface area contributed by atoms with E-state index in [0.717, 1.165) is 5.92 Å². The van der Waals surface area contributed by atoms with E-state index < -0.39 is 0 Å². The lowest BCUT2D eigenvalue weighted by Crippen LogP contribution is -2.00. The molecular formula is C27H48. The van der Waals surface area contributed by atoms with E-state index in [1.807, 2.05) is 0 Å². The van der Waals surface area contributed by atoms with Crippen LogP contribution in [0.1, 0.15) is 141 Å². The summed E-state index contributed by atoms with van der Waals surface area (Å²) in [5.74, 6) is 0.793. The third-order valence-corrected chi connectivity index (χ3v) is 6.08. The van der Waals surface area contributed by atoms with Crippen molar-refractivity contribution in [1.29, 1.82) is 0 Å². The lowest BCUT2D eigenvalue weighted by atomic mass is 9.87. The summed E-state index contributed by atoms with van der Waals surface area (Å²) < 4.78 is 0. The molecule has 1 aromatic carbocycles. The second kappa shape index (κ2) is 17.3. The number of unbranched alkanes of at least 4 members (excludes halogenated alkanes) is 11. The second-order valence-electron chi connectivity index (χ2n) is 8.65. The van der Waals surface area contributed by atoms with Crippen molar-refractivity contribution in [3.63, 3.8) is 0 Å². The highest BCUT2D eigenvalue weighted by Gasteiger charge is 2.11. The van der Waals surface area contributed by atoms with Crippen molar-refractivity contribution in [1.82, 2.24) is 0 Å². The zero-order chi connectivity index (χ0) is 19.6. The van der Waals surface area contributed by atoms with E-state index in [1.54, 1.807) is 5.56 Å². The van der Waals surface area contributed by atoms with Gasteiger partial charge in [-0.3, -0.25) is 0 Å². The van der Waals surface area contributed by atoms with Gasteiger partial charge >= 0.3 is 0 Å². The monoisotopic (exact) mass is 372 g/mol. The van der Waals surface area contributed by atoms with Crippen LogP contribution in [0.3, 0.4) is 0 Å². The molecule has 0 amide bonds. The zero-order valence-corrected chi connectivity index (χ0v) is 18.9. The molecule has 0 bridgehead atoms. The number of rotatable bonds is 18. The molecule has 1 rings (SSSR count). The molecule has 0 aromatic heterocycles. The molecule has 1 unspecified atom stereocenters. The summed E-state index contributed by atoms with van der Waals surface area (Å²) in [7, 11) is 0. The lowest BCUT2D eigenvalue weighted by Gasteiger charge is -2.18. The number of hydrogen-bond acceptors (Lipinski definition) is 0. The molecule has 0 fully saturated rings. The molecule has 1 aromatic rings. The highest BCUT2D eigenvalue weighted by atomic mass is 14.2. The Kier molecular flexibility index (Phi) is 15.6. The van der Waals surface area contributed by atoms with Gasteiger partial charge in [0.25, 0.3) is 0 Å². The highest BCUT2D eigenvalue weighted by molar-refractivity contribution is 5.25.